The van der Waals surface area contributed by atoms with Gasteiger partial charge in [-0.25, -0.2) is 9.97 Å². The summed E-state index contributed by atoms with van der Waals surface area (Å²) in [6.07, 6.45) is 3.45. The summed E-state index contributed by atoms with van der Waals surface area (Å²) in [5.74, 6) is 0.672. The van der Waals surface area contributed by atoms with Gasteiger partial charge in [-0.1, -0.05) is 0 Å². The Balaban J connectivity index is 2.44. The van der Waals surface area contributed by atoms with E-state index in [9.17, 15) is 0 Å². The average molecular weight is 180 g/mol. The van der Waals surface area contributed by atoms with Crippen LogP contribution in [-0.4, -0.2) is 29.1 Å². The molecule has 0 aromatic carbocycles. The molecule has 1 heterocycles. The van der Waals surface area contributed by atoms with Gasteiger partial charge in [-0.2, -0.15) is 0 Å². The van der Waals surface area contributed by atoms with E-state index in [4.69, 9.17) is 0 Å². The van der Waals surface area contributed by atoms with Gasteiger partial charge < -0.3 is 10.6 Å². The van der Waals surface area contributed by atoms with Crippen molar-refractivity contribution in [2.45, 2.75) is 19.4 Å². The molecule has 4 nitrogen and oxygen atoms in total. The maximum atomic E-state index is 4.07. The first kappa shape index (κ1) is 9.92. The molecule has 72 valence electrons. The second kappa shape index (κ2) is 4.18. The number of hydrogen-bond acceptors (Lipinski definition) is 4. The van der Waals surface area contributed by atoms with E-state index in [2.05, 4.69) is 34.4 Å². The van der Waals surface area contributed by atoms with E-state index in [1.807, 2.05) is 7.05 Å². The quantitative estimate of drug-likeness (QED) is 0.722. The van der Waals surface area contributed by atoms with Crippen molar-refractivity contribution < 1.29 is 0 Å². The Morgan fingerprint density at radius 2 is 1.92 bits per heavy atom. The first-order valence-corrected chi connectivity index (χ1v) is 4.34. The van der Waals surface area contributed by atoms with Gasteiger partial charge in [0.2, 0.25) is 5.95 Å². The van der Waals surface area contributed by atoms with Gasteiger partial charge in [0.1, 0.15) is 0 Å². The summed E-state index contributed by atoms with van der Waals surface area (Å²) in [6.45, 7) is 5.03. The van der Waals surface area contributed by atoms with Crippen LogP contribution in [0.5, 0.6) is 0 Å². The SMILES string of the molecule is CNC(C)(C)CNc1ncccn1. The van der Waals surface area contributed by atoms with E-state index >= 15 is 0 Å². The number of nitrogens with zero attached hydrogens (tertiary/aromatic N) is 2. The fourth-order valence-corrected chi connectivity index (χ4v) is 0.779. The van der Waals surface area contributed by atoms with Crippen molar-refractivity contribution in [2.24, 2.45) is 0 Å². The largest absolute Gasteiger partial charge is 0.352 e. The summed E-state index contributed by atoms with van der Waals surface area (Å²) in [7, 11) is 1.94. The molecule has 0 aliphatic rings. The molecule has 4 heteroatoms. The predicted octanol–water partition coefficient (Wildman–Crippen LogP) is 0.886. The van der Waals surface area contributed by atoms with E-state index < -0.39 is 0 Å². The molecule has 1 aromatic heterocycles. The third-order valence-electron chi connectivity index (χ3n) is 1.93. The highest BCUT2D eigenvalue weighted by Crippen LogP contribution is 2.02. The van der Waals surface area contributed by atoms with Gasteiger partial charge in [-0.15, -0.1) is 0 Å². The maximum Gasteiger partial charge on any atom is 0.222 e. The number of likely N-dealkylation sites (N-methyl/N-ethyl adjacent to an activating group) is 1. The molecule has 0 radical (unpaired) electrons. The van der Waals surface area contributed by atoms with Crippen molar-refractivity contribution in [3.05, 3.63) is 18.5 Å². The number of rotatable bonds is 4. The van der Waals surface area contributed by atoms with Crippen LogP contribution in [-0.2, 0) is 0 Å². The Bertz CT molecular complexity index is 245. The molecule has 0 saturated carbocycles. The molecule has 1 rings (SSSR count). The van der Waals surface area contributed by atoms with Crippen molar-refractivity contribution in [3.8, 4) is 0 Å². The van der Waals surface area contributed by atoms with Gasteiger partial charge in [0.05, 0.1) is 0 Å². The fourth-order valence-electron chi connectivity index (χ4n) is 0.779. The van der Waals surface area contributed by atoms with E-state index in [0.29, 0.717) is 5.95 Å². The van der Waals surface area contributed by atoms with Crippen LogP contribution in [0.1, 0.15) is 13.8 Å². The lowest BCUT2D eigenvalue weighted by molar-refractivity contribution is 0.447. The monoisotopic (exact) mass is 180 g/mol. The third-order valence-corrected chi connectivity index (χ3v) is 1.93. The number of nitrogens with one attached hydrogen (secondary N) is 2. The molecule has 0 aliphatic heterocycles. The lowest BCUT2D eigenvalue weighted by Crippen LogP contribution is -2.43. The second-order valence-corrected chi connectivity index (χ2v) is 3.56. The number of anilines is 1. The van der Waals surface area contributed by atoms with Gasteiger partial charge in [-0.05, 0) is 27.0 Å². The minimum Gasteiger partial charge on any atom is -0.352 e. The van der Waals surface area contributed by atoms with Crippen LogP contribution in [0.15, 0.2) is 18.5 Å². The highest BCUT2D eigenvalue weighted by Gasteiger charge is 2.13. The fraction of sp³-hybridized carbons (Fsp3) is 0.556. The van der Waals surface area contributed by atoms with Gasteiger partial charge in [0.25, 0.3) is 0 Å². The van der Waals surface area contributed by atoms with Crippen molar-refractivity contribution in [1.82, 2.24) is 15.3 Å². The summed E-state index contributed by atoms with van der Waals surface area (Å²) in [5, 5.41) is 6.34. The van der Waals surface area contributed by atoms with Gasteiger partial charge in [0, 0.05) is 24.5 Å². The molecule has 0 atom stereocenters. The number of hydrogen-bond donors (Lipinski definition) is 2. The minimum atomic E-state index is 0.0548. The van der Waals surface area contributed by atoms with Crippen molar-refractivity contribution in [3.63, 3.8) is 0 Å². The molecule has 0 spiro atoms. The van der Waals surface area contributed by atoms with Crippen LogP contribution < -0.4 is 10.6 Å². The maximum absolute atomic E-state index is 4.07. The lowest BCUT2D eigenvalue weighted by Gasteiger charge is -2.23. The minimum absolute atomic E-state index is 0.0548. The zero-order chi connectivity index (χ0) is 9.73. The highest BCUT2D eigenvalue weighted by molar-refractivity contribution is 5.23. The molecular weight excluding hydrogens is 164 g/mol. The smallest absolute Gasteiger partial charge is 0.222 e. The van der Waals surface area contributed by atoms with E-state index in [0.717, 1.165) is 6.54 Å². The summed E-state index contributed by atoms with van der Waals surface area (Å²) >= 11 is 0. The first-order valence-electron chi connectivity index (χ1n) is 4.34. The van der Waals surface area contributed by atoms with Crippen molar-refractivity contribution in [1.29, 1.82) is 0 Å². The number of aromatic nitrogens is 2. The topological polar surface area (TPSA) is 49.8 Å². The zero-order valence-corrected chi connectivity index (χ0v) is 8.33. The normalized spacial score (nSPS) is 11.3. The van der Waals surface area contributed by atoms with E-state index in [1.54, 1.807) is 18.5 Å². The third kappa shape index (κ3) is 3.38. The molecule has 13 heavy (non-hydrogen) atoms. The summed E-state index contributed by atoms with van der Waals surface area (Å²) < 4.78 is 0. The van der Waals surface area contributed by atoms with Crippen LogP contribution in [0.4, 0.5) is 5.95 Å². The van der Waals surface area contributed by atoms with Crippen molar-refractivity contribution >= 4 is 5.95 Å². The van der Waals surface area contributed by atoms with Gasteiger partial charge in [0.15, 0.2) is 0 Å². The van der Waals surface area contributed by atoms with Gasteiger partial charge in [-0.3, -0.25) is 0 Å². The zero-order valence-electron chi connectivity index (χ0n) is 8.33. The van der Waals surface area contributed by atoms with Crippen molar-refractivity contribution in [2.75, 3.05) is 18.9 Å². The van der Waals surface area contributed by atoms with E-state index in [1.165, 1.54) is 0 Å². The summed E-state index contributed by atoms with van der Waals surface area (Å²) in [4.78, 5) is 8.13. The lowest BCUT2D eigenvalue weighted by atomic mass is 10.1. The molecule has 0 bridgehead atoms. The Kier molecular flexibility index (Phi) is 3.19. The highest BCUT2D eigenvalue weighted by atomic mass is 15.1. The van der Waals surface area contributed by atoms with E-state index in [-0.39, 0.29) is 5.54 Å². The molecule has 2 N–H and O–H groups in total. The van der Waals surface area contributed by atoms with Crippen LogP contribution in [0.25, 0.3) is 0 Å². The molecular formula is C9H16N4. The molecule has 0 saturated heterocycles. The molecule has 1 aromatic rings. The molecule has 0 aliphatic carbocycles. The predicted molar refractivity (Wildman–Crippen MR) is 53.7 cm³/mol. The Morgan fingerprint density at radius 1 is 1.31 bits per heavy atom. The van der Waals surface area contributed by atoms with Crippen LogP contribution in [0.3, 0.4) is 0 Å². The summed E-state index contributed by atoms with van der Waals surface area (Å²) in [6, 6.07) is 1.80. The molecule has 0 fully saturated rings. The Hall–Kier alpha value is -1.16. The average Bonchev–Trinajstić information content (AvgIpc) is 2.17. The Morgan fingerprint density at radius 3 is 2.46 bits per heavy atom. The second-order valence-electron chi connectivity index (χ2n) is 3.56. The van der Waals surface area contributed by atoms with Crippen LogP contribution in [0.2, 0.25) is 0 Å². The van der Waals surface area contributed by atoms with Crippen LogP contribution >= 0.6 is 0 Å². The first-order chi connectivity index (χ1) is 6.14. The Labute approximate surface area is 78.8 Å². The van der Waals surface area contributed by atoms with Crippen LogP contribution in [0, 0.1) is 0 Å². The molecule has 0 unspecified atom stereocenters. The summed E-state index contributed by atoms with van der Waals surface area (Å²) in [5.41, 5.74) is 0.0548. The van der Waals surface area contributed by atoms with Gasteiger partial charge >= 0.3 is 0 Å². The molecule has 0 amide bonds. The standard InChI is InChI=1S/C9H16N4/c1-9(2,10-3)7-13-8-11-5-4-6-12-8/h4-6,10H,7H2,1-3H3,(H,11,12,13).